The van der Waals surface area contributed by atoms with E-state index >= 15 is 0 Å². The van der Waals surface area contributed by atoms with Crippen molar-refractivity contribution in [1.82, 2.24) is 0 Å². The van der Waals surface area contributed by atoms with E-state index < -0.39 is 0 Å². The van der Waals surface area contributed by atoms with Gasteiger partial charge in [-0.15, -0.1) is 0 Å². The van der Waals surface area contributed by atoms with Gasteiger partial charge in [-0.3, -0.25) is 4.79 Å². The lowest BCUT2D eigenvalue weighted by molar-refractivity contribution is -0.141. The molecule has 4 nitrogen and oxygen atoms in total. The molecule has 0 saturated carbocycles. The maximum atomic E-state index is 10.2. The standard InChI is InChI=1S/C6H10O4/c1-4(8)9-3-6-5(2-7)10-6/h5-7H,2-3H2,1H3/t5-,6-/m0/s1. The van der Waals surface area contributed by atoms with Crippen LogP contribution in [-0.4, -0.2) is 36.5 Å². The van der Waals surface area contributed by atoms with E-state index in [-0.39, 0.29) is 31.4 Å². The van der Waals surface area contributed by atoms with Crippen LogP contribution in [0.5, 0.6) is 0 Å². The molecule has 1 rings (SSSR count). The molecule has 10 heavy (non-hydrogen) atoms. The van der Waals surface area contributed by atoms with Gasteiger partial charge in [-0.1, -0.05) is 0 Å². The summed E-state index contributed by atoms with van der Waals surface area (Å²) in [7, 11) is 0. The maximum Gasteiger partial charge on any atom is 0.302 e. The van der Waals surface area contributed by atoms with Crippen LogP contribution in [0.4, 0.5) is 0 Å². The summed E-state index contributed by atoms with van der Waals surface area (Å²) in [4.78, 5) is 10.2. The number of hydrogen-bond acceptors (Lipinski definition) is 4. The average Bonchev–Trinajstić information content (AvgIpc) is 2.61. The van der Waals surface area contributed by atoms with Crippen molar-refractivity contribution in [2.24, 2.45) is 0 Å². The minimum absolute atomic E-state index is 0.00588. The Morgan fingerprint density at radius 2 is 2.40 bits per heavy atom. The van der Waals surface area contributed by atoms with Gasteiger partial charge in [0, 0.05) is 6.92 Å². The second kappa shape index (κ2) is 2.98. The molecule has 58 valence electrons. The van der Waals surface area contributed by atoms with Crippen LogP contribution in [0.15, 0.2) is 0 Å². The molecule has 1 N–H and O–H groups in total. The first-order valence-electron chi connectivity index (χ1n) is 3.13. The van der Waals surface area contributed by atoms with Gasteiger partial charge < -0.3 is 14.6 Å². The summed E-state index contributed by atoms with van der Waals surface area (Å²) in [5.41, 5.74) is 0. The van der Waals surface area contributed by atoms with Crippen LogP contribution in [0.1, 0.15) is 6.92 Å². The number of epoxide rings is 1. The summed E-state index contributed by atoms with van der Waals surface area (Å²) in [6.45, 7) is 1.61. The zero-order chi connectivity index (χ0) is 7.56. The molecule has 0 aromatic carbocycles. The third-order valence-corrected chi connectivity index (χ3v) is 1.32. The van der Waals surface area contributed by atoms with Crippen LogP contribution < -0.4 is 0 Å². The van der Waals surface area contributed by atoms with Gasteiger partial charge in [0.25, 0.3) is 0 Å². The highest BCUT2D eigenvalue weighted by atomic mass is 16.6. The molecule has 0 aliphatic carbocycles. The number of aliphatic hydroxyl groups excluding tert-OH is 1. The van der Waals surface area contributed by atoms with Crippen molar-refractivity contribution in [1.29, 1.82) is 0 Å². The Bertz CT molecular complexity index is 134. The first-order valence-corrected chi connectivity index (χ1v) is 3.13. The van der Waals surface area contributed by atoms with E-state index in [0.717, 1.165) is 0 Å². The Morgan fingerprint density at radius 1 is 1.70 bits per heavy atom. The minimum atomic E-state index is -0.313. The van der Waals surface area contributed by atoms with Crippen LogP contribution in [0, 0.1) is 0 Å². The van der Waals surface area contributed by atoms with Gasteiger partial charge in [0.05, 0.1) is 6.61 Å². The third-order valence-electron chi connectivity index (χ3n) is 1.32. The molecular formula is C6H10O4. The van der Waals surface area contributed by atoms with Crippen molar-refractivity contribution in [2.45, 2.75) is 19.1 Å². The van der Waals surface area contributed by atoms with Gasteiger partial charge in [-0.05, 0) is 0 Å². The fraction of sp³-hybridized carbons (Fsp3) is 0.833. The van der Waals surface area contributed by atoms with Gasteiger partial charge in [-0.2, -0.15) is 0 Å². The second-order valence-corrected chi connectivity index (χ2v) is 2.20. The molecule has 1 heterocycles. The van der Waals surface area contributed by atoms with Crippen molar-refractivity contribution >= 4 is 5.97 Å². The van der Waals surface area contributed by atoms with Crippen LogP contribution >= 0.6 is 0 Å². The fourth-order valence-electron chi connectivity index (χ4n) is 0.686. The highest BCUT2D eigenvalue weighted by Gasteiger charge is 2.38. The molecule has 1 aliphatic heterocycles. The lowest BCUT2D eigenvalue weighted by atomic mass is 10.3. The fourth-order valence-corrected chi connectivity index (χ4v) is 0.686. The van der Waals surface area contributed by atoms with Gasteiger partial charge in [0.1, 0.15) is 18.8 Å². The topological polar surface area (TPSA) is 59.1 Å². The highest BCUT2D eigenvalue weighted by Crippen LogP contribution is 2.20. The lowest BCUT2D eigenvalue weighted by Gasteiger charge is -1.95. The smallest absolute Gasteiger partial charge is 0.302 e. The van der Waals surface area contributed by atoms with Crippen molar-refractivity contribution in [3.05, 3.63) is 0 Å². The number of hydrogen-bond donors (Lipinski definition) is 1. The number of aliphatic hydroxyl groups is 1. The molecule has 0 aromatic heterocycles. The molecule has 0 spiro atoms. The Labute approximate surface area is 58.7 Å². The van der Waals surface area contributed by atoms with Gasteiger partial charge >= 0.3 is 5.97 Å². The van der Waals surface area contributed by atoms with E-state index in [4.69, 9.17) is 9.84 Å². The SMILES string of the molecule is CC(=O)OC[C@@H]1O[C@H]1CO. The summed E-state index contributed by atoms with van der Waals surface area (Å²) in [6, 6.07) is 0. The van der Waals surface area contributed by atoms with Crippen LogP contribution in [0.25, 0.3) is 0 Å². The summed E-state index contributed by atoms with van der Waals surface area (Å²) in [5, 5.41) is 8.48. The second-order valence-electron chi connectivity index (χ2n) is 2.20. The van der Waals surface area contributed by atoms with Crippen molar-refractivity contribution in [3.8, 4) is 0 Å². The number of ether oxygens (including phenoxy) is 2. The van der Waals surface area contributed by atoms with E-state index in [1.54, 1.807) is 0 Å². The van der Waals surface area contributed by atoms with E-state index in [1.165, 1.54) is 6.92 Å². The predicted molar refractivity (Wildman–Crippen MR) is 32.4 cm³/mol. The van der Waals surface area contributed by atoms with E-state index in [9.17, 15) is 4.79 Å². The van der Waals surface area contributed by atoms with Crippen LogP contribution in [0.2, 0.25) is 0 Å². The highest BCUT2D eigenvalue weighted by molar-refractivity contribution is 5.65. The van der Waals surface area contributed by atoms with E-state index in [1.807, 2.05) is 0 Å². The molecule has 1 aliphatic rings. The Morgan fingerprint density at radius 3 is 2.80 bits per heavy atom. The molecule has 0 bridgehead atoms. The van der Waals surface area contributed by atoms with E-state index in [2.05, 4.69) is 4.74 Å². The Hall–Kier alpha value is -0.610. The largest absolute Gasteiger partial charge is 0.463 e. The lowest BCUT2D eigenvalue weighted by Crippen LogP contribution is -2.09. The Kier molecular flexibility index (Phi) is 2.24. The van der Waals surface area contributed by atoms with Crippen molar-refractivity contribution in [3.63, 3.8) is 0 Å². The molecule has 1 fully saturated rings. The quantitative estimate of drug-likeness (QED) is 0.423. The van der Waals surface area contributed by atoms with Crippen molar-refractivity contribution in [2.75, 3.05) is 13.2 Å². The molecule has 0 aromatic rings. The third kappa shape index (κ3) is 1.97. The zero-order valence-corrected chi connectivity index (χ0v) is 5.74. The monoisotopic (exact) mass is 146 g/mol. The molecule has 4 heteroatoms. The molecule has 2 atom stereocenters. The molecule has 0 amide bonds. The van der Waals surface area contributed by atoms with E-state index in [0.29, 0.717) is 0 Å². The van der Waals surface area contributed by atoms with Gasteiger partial charge in [0.15, 0.2) is 0 Å². The average molecular weight is 146 g/mol. The summed E-state index contributed by atoms with van der Waals surface area (Å²) < 4.78 is 9.51. The van der Waals surface area contributed by atoms with Crippen LogP contribution in [0.3, 0.4) is 0 Å². The summed E-state index contributed by atoms with van der Waals surface area (Å²) in [6.07, 6.45) is -0.187. The number of esters is 1. The Balaban J connectivity index is 2.01. The number of carbonyl (C=O) groups excluding carboxylic acids is 1. The first-order chi connectivity index (χ1) is 4.74. The van der Waals surface area contributed by atoms with Crippen LogP contribution in [-0.2, 0) is 14.3 Å². The molecule has 0 radical (unpaired) electrons. The molecule has 0 unspecified atom stereocenters. The maximum absolute atomic E-state index is 10.2. The number of rotatable bonds is 3. The zero-order valence-electron chi connectivity index (χ0n) is 5.74. The van der Waals surface area contributed by atoms with Gasteiger partial charge in [0.2, 0.25) is 0 Å². The predicted octanol–water partition coefficient (Wildman–Crippen LogP) is -0.691. The summed E-state index contributed by atoms with van der Waals surface area (Å²) in [5.74, 6) is -0.313. The first kappa shape index (κ1) is 7.50. The van der Waals surface area contributed by atoms with Crippen molar-refractivity contribution < 1.29 is 19.4 Å². The number of carbonyl (C=O) groups is 1. The molecule has 1 saturated heterocycles. The minimum Gasteiger partial charge on any atom is -0.463 e. The summed E-state index contributed by atoms with van der Waals surface area (Å²) >= 11 is 0. The van der Waals surface area contributed by atoms with Gasteiger partial charge in [-0.25, -0.2) is 0 Å². The molecular weight excluding hydrogens is 136 g/mol. The normalized spacial score (nSPS) is 29.8.